The van der Waals surface area contributed by atoms with Gasteiger partial charge in [0, 0.05) is 13.1 Å². The highest BCUT2D eigenvalue weighted by atomic mass is 16.5. The minimum Gasteiger partial charge on any atom is -0.493 e. The Morgan fingerprint density at radius 1 is 1.21 bits per heavy atom. The minimum absolute atomic E-state index is 0.170. The molecule has 0 radical (unpaired) electrons. The van der Waals surface area contributed by atoms with Crippen molar-refractivity contribution >= 4 is 12.0 Å². The summed E-state index contributed by atoms with van der Waals surface area (Å²) in [6.07, 6.45) is 4.29. The number of ether oxygens (including phenoxy) is 2. The predicted octanol–water partition coefficient (Wildman–Crippen LogP) is 2.76. The van der Waals surface area contributed by atoms with Crippen molar-refractivity contribution in [3.05, 3.63) is 29.8 Å². The summed E-state index contributed by atoms with van der Waals surface area (Å²) in [4.78, 5) is 13.7. The van der Waals surface area contributed by atoms with E-state index in [9.17, 15) is 4.79 Å². The number of carbonyl (C=O) groups is 1. The molecule has 0 bridgehead atoms. The van der Waals surface area contributed by atoms with Crippen LogP contribution in [0.15, 0.2) is 24.3 Å². The van der Waals surface area contributed by atoms with Gasteiger partial charge in [0.1, 0.15) is 0 Å². The first kappa shape index (κ1) is 19.1. The van der Waals surface area contributed by atoms with Crippen molar-refractivity contribution in [2.75, 3.05) is 26.8 Å². The third-order valence-electron chi connectivity index (χ3n) is 3.24. The van der Waals surface area contributed by atoms with Gasteiger partial charge in [-0.25, -0.2) is 0 Å². The summed E-state index contributed by atoms with van der Waals surface area (Å²) in [7, 11) is 1.54. The zero-order chi connectivity index (χ0) is 17.8. The molecule has 6 nitrogen and oxygen atoms in total. The molecule has 0 unspecified atom stereocenters. The van der Waals surface area contributed by atoms with Gasteiger partial charge in [0.15, 0.2) is 18.1 Å². The molecule has 1 rings (SSSR count). The van der Waals surface area contributed by atoms with E-state index in [1.165, 1.54) is 12.0 Å². The molecule has 1 aromatic carbocycles. The molecule has 0 fully saturated rings. The summed E-state index contributed by atoms with van der Waals surface area (Å²) >= 11 is 0. The average Bonchev–Trinajstić information content (AvgIpc) is 2.60. The monoisotopic (exact) mass is 327 g/mol. The van der Waals surface area contributed by atoms with Gasteiger partial charge >= 0.3 is 0 Å². The molecule has 0 aliphatic carbocycles. The molecule has 0 aliphatic rings. The molecule has 0 heterocycles. The van der Waals surface area contributed by atoms with Gasteiger partial charge in [-0.1, -0.05) is 18.2 Å². The van der Waals surface area contributed by atoms with Crippen molar-refractivity contribution in [2.45, 2.75) is 19.8 Å². The van der Waals surface area contributed by atoms with E-state index >= 15 is 0 Å². The number of methoxy groups -OCH3 is 1. The summed E-state index contributed by atoms with van der Waals surface area (Å²) in [6, 6.07) is 9.43. The Labute approximate surface area is 142 Å². The first-order valence-electron chi connectivity index (χ1n) is 7.61. The van der Waals surface area contributed by atoms with E-state index in [0.717, 1.165) is 5.56 Å². The van der Waals surface area contributed by atoms with E-state index in [1.807, 2.05) is 43.3 Å². The Balaban J connectivity index is 2.73. The predicted molar refractivity (Wildman–Crippen MR) is 90.2 cm³/mol. The van der Waals surface area contributed by atoms with Crippen LogP contribution < -0.4 is 9.47 Å². The second-order valence-electron chi connectivity index (χ2n) is 4.90. The number of allylic oxidation sites excluding steroid dienone is 1. The lowest BCUT2D eigenvalue weighted by Gasteiger charge is -2.20. The molecule has 126 valence electrons. The Bertz CT molecular complexity index is 638. The molecule has 1 amide bonds. The summed E-state index contributed by atoms with van der Waals surface area (Å²) < 4.78 is 10.8. The van der Waals surface area contributed by atoms with Crippen LogP contribution in [-0.4, -0.2) is 37.6 Å². The number of carbonyl (C=O) groups excluding carboxylic acids is 1. The summed E-state index contributed by atoms with van der Waals surface area (Å²) in [5.74, 6) is 0.749. The molecule has 0 saturated heterocycles. The maximum absolute atomic E-state index is 12.2. The van der Waals surface area contributed by atoms with Crippen LogP contribution in [0.2, 0.25) is 0 Å². The molecule has 0 N–H and O–H groups in total. The van der Waals surface area contributed by atoms with Crippen LogP contribution in [0.4, 0.5) is 0 Å². The van der Waals surface area contributed by atoms with Gasteiger partial charge in [-0.3, -0.25) is 4.79 Å². The third-order valence-corrected chi connectivity index (χ3v) is 3.24. The quantitative estimate of drug-likeness (QED) is 0.696. The fraction of sp³-hybridized carbons (Fsp3) is 0.389. The number of benzene rings is 1. The Kier molecular flexibility index (Phi) is 8.49. The van der Waals surface area contributed by atoms with Gasteiger partial charge in [0.2, 0.25) is 0 Å². The number of nitriles is 2. The number of rotatable bonds is 9. The van der Waals surface area contributed by atoms with E-state index in [2.05, 4.69) is 0 Å². The first-order chi connectivity index (χ1) is 11.7. The van der Waals surface area contributed by atoms with E-state index in [4.69, 9.17) is 20.0 Å². The van der Waals surface area contributed by atoms with E-state index in [-0.39, 0.29) is 38.4 Å². The van der Waals surface area contributed by atoms with Crippen molar-refractivity contribution in [1.82, 2.24) is 4.90 Å². The SMILES string of the molecule is C/C=C/c1ccc(OCC(=O)N(CCC#N)CCC#N)c(OC)c1. The van der Waals surface area contributed by atoms with Crippen LogP contribution in [0.5, 0.6) is 11.5 Å². The molecule has 0 saturated carbocycles. The maximum atomic E-state index is 12.2. The van der Waals surface area contributed by atoms with Crippen LogP contribution in [0.25, 0.3) is 6.08 Å². The van der Waals surface area contributed by atoms with Crippen LogP contribution in [0, 0.1) is 22.7 Å². The van der Waals surface area contributed by atoms with Crippen molar-refractivity contribution < 1.29 is 14.3 Å². The summed E-state index contributed by atoms with van der Waals surface area (Å²) in [5, 5.41) is 17.3. The molecule has 1 aromatic rings. The van der Waals surface area contributed by atoms with Gasteiger partial charge in [0.05, 0.1) is 32.1 Å². The van der Waals surface area contributed by atoms with E-state index in [0.29, 0.717) is 11.5 Å². The highest BCUT2D eigenvalue weighted by Gasteiger charge is 2.15. The van der Waals surface area contributed by atoms with Gasteiger partial charge < -0.3 is 14.4 Å². The van der Waals surface area contributed by atoms with Crippen LogP contribution in [0.3, 0.4) is 0 Å². The standard InChI is InChI=1S/C18H21N3O3/c1-3-6-15-7-8-16(17(13-15)23-2)24-14-18(22)21(11-4-9-19)12-5-10-20/h3,6-8,13H,4-5,11-12,14H2,1-2H3/b6-3+. The maximum Gasteiger partial charge on any atom is 0.260 e. The average molecular weight is 327 g/mol. The lowest BCUT2D eigenvalue weighted by atomic mass is 10.2. The number of nitrogens with zero attached hydrogens (tertiary/aromatic N) is 3. The van der Waals surface area contributed by atoms with Gasteiger partial charge in [-0.2, -0.15) is 10.5 Å². The smallest absolute Gasteiger partial charge is 0.260 e. The molecule has 0 aliphatic heterocycles. The van der Waals surface area contributed by atoms with Crippen LogP contribution in [0.1, 0.15) is 25.3 Å². The Morgan fingerprint density at radius 2 is 1.88 bits per heavy atom. The van der Waals surface area contributed by atoms with E-state index < -0.39 is 0 Å². The molecule has 6 heteroatoms. The van der Waals surface area contributed by atoms with Gasteiger partial charge in [0.25, 0.3) is 5.91 Å². The lowest BCUT2D eigenvalue weighted by Crippen LogP contribution is -2.36. The van der Waals surface area contributed by atoms with Crippen molar-refractivity contribution in [3.63, 3.8) is 0 Å². The van der Waals surface area contributed by atoms with Gasteiger partial charge in [-0.15, -0.1) is 0 Å². The molecular formula is C18H21N3O3. The molecule has 24 heavy (non-hydrogen) atoms. The van der Waals surface area contributed by atoms with Crippen molar-refractivity contribution in [2.24, 2.45) is 0 Å². The second-order valence-corrected chi connectivity index (χ2v) is 4.90. The normalized spacial score (nSPS) is 10.0. The summed E-state index contributed by atoms with van der Waals surface area (Å²) in [5.41, 5.74) is 0.970. The fourth-order valence-electron chi connectivity index (χ4n) is 2.06. The zero-order valence-corrected chi connectivity index (χ0v) is 14.0. The topological polar surface area (TPSA) is 86.4 Å². The van der Waals surface area contributed by atoms with Crippen LogP contribution in [-0.2, 0) is 4.79 Å². The van der Waals surface area contributed by atoms with Crippen molar-refractivity contribution in [1.29, 1.82) is 10.5 Å². The van der Waals surface area contributed by atoms with Gasteiger partial charge in [-0.05, 0) is 24.6 Å². The molecule has 0 atom stereocenters. The minimum atomic E-state index is -0.264. The zero-order valence-electron chi connectivity index (χ0n) is 14.0. The van der Waals surface area contributed by atoms with E-state index in [1.54, 1.807) is 6.07 Å². The highest BCUT2D eigenvalue weighted by molar-refractivity contribution is 5.78. The largest absolute Gasteiger partial charge is 0.493 e. The van der Waals surface area contributed by atoms with Crippen LogP contribution >= 0.6 is 0 Å². The molecular weight excluding hydrogens is 306 g/mol. The molecule has 0 aromatic heterocycles. The number of hydrogen-bond acceptors (Lipinski definition) is 5. The highest BCUT2D eigenvalue weighted by Crippen LogP contribution is 2.28. The lowest BCUT2D eigenvalue weighted by molar-refractivity contribution is -0.133. The number of amides is 1. The Hall–Kier alpha value is -2.99. The van der Waals surface area contributed by atoms with Crippen molar-refractivity contribution in [3.8, 4) is 23.6 Å². The summed E-state index contributed by atoms with van der Waals surface area (Å²) in [6.45, 7) is 2.33. The number of hydrogen-bond donors (Lipinski definition) is 0. The fourth-order valence-corrected chi connectivity index (χ4v) is 2.06. The second kappa shape index (κ2) is 10.7. The first-order valence-corrected chi connectivity index (χ1v) is 7.61. The molecule has 0 spiro atoms. The Morgan fingerprint density at radius 3 is 2.42 bits per heavy atom. The third kappa shape index (κ3) is 6.02.